The molecule has 3 aromatic carbocycles. The van der Waals surface area contributed by atoms with Gasteiger partial charge < -0.3 is 5.32 Å². The van der Waals surface area contributed by atoms with Crippen LogP contribution >= 0.6 is 0 Å². The lowest BCUT2D eigenvalue weighted by atomic mass is 10.1. The molecule has 150 valence electrons. The van der Waals surface area contributed by atoms with Crippen LogP contribution in [0.5, 0.6) is 0 Å². The Morgan fingerprint density at radius 2 is 1.50 bits per heavy atom. The third-order valence-electron chi connectivity index (χ3n) is 4.46. The van der Waals surface area contributed by atoms with Crippen LogP contribution in [0.2, 0.25) is 0 Å². The molecule has 0 saturated carbocycles. The van der Waals surface area contributed by atoms with Gasteiger partial charge in [-0.05, 0) is 48.5 Å². The lowest BCUT2D eigenvalue weighted by Gasteiger charge is -2.10. The van der Waals surface area contributed by atoms with Gasteiger partial charge in [0.05, 0.1) is 21.7 Å². The molecular weight excluding hydrogens is 406 g/mol. The van der Waals surface area contributed by atoms with Gasteiger partial charge in [0.15, 0.2) is 0 Å². The minimum atomic E-state index is -3.74. The van der Waals surface area contributed by atoms with Crippen molar-refractivity contribution in [3.63, 3.8) is 0 Å². The van der Waals surface area contributed by atoms with Gasteiger partial charge in [0.2, 0.25) is 0 Å². The van der Waals surface area contributed by atoms with Crippen molar-refractivity contribution in [1.82, 2.24) is 5.32 Å². The van der Waals surface area contributed by atoms with E-state index in [1.54, 1.807) is 24.3 Å². The molecular formula is C21H15N3O5S. The standard InChI is InChI=1S/C21H15N3O5S/c25-19(22-17-8-4-7-16-18(17)21(27)23-20(16)26)13-9-11-14(12-10-13)24-30(28,29)15-5-2-1-3-6-15/h1-12,24H,(H,22,25)(H,23,26,27). The van der Waals surface area contributed by atoms with Crippen molar-refractivity contribution in [2.24, 2.45) is 0 Å². The highest BCUT2D eigenvalue weighted by molar-refractivity contribution is 7.92. The zero-order valence-electron chi connectivity index (χ0n) is 15.4. The summed E-state index contributed by atoms with van der Waals surface area (Å²) in [6.07, 6.45) is 0. The Kier molecular flexibility index (Phi) is 4.80. The minimum absolute atomic E-state index is 0.114. The second-order valence-electron chi connectivity index (χ2n) is 6.46. The van der Waals surface area contributed by atoms with Crippen LogP contribution in [0.25, 0.3) is 0 Å². The van der Waals surface area contributed by atoms with Crippen LogP contribution in [0.1, 0.15) is 31.1 Å². The molecule has 0 bridgehead atoms. The number of carbonyl (C=O) groups is 3. The van der Waals surface area contributed by atoms with E-state index in [9.17, 15) is 22.8 Å². The zero-order valence-corrected chi connectivity index (χ0v) is 16.2. The van der Waals surface area contributed by atoms with E-state index >= 15 is 0 Å². The molecule has 8 nitrogen and oxygen atoms in total. The molecule has 0 aromatic heterocycles. The lowest BCUT2D eigenvalue weighted by molar-refractivity contribution is 0.0879. The minimum Gasteiger partial charge on any atom is -0.321 e. The molecule has 0 fully saturated rings. The molecule has 3 N–H and O–H groups in total. The first-order valence-electron chi connectivity index (χ1n) is 8.83. The van der Waals surface area contributed by atoms with Gasteiger partial charge in [-0.25, -0.2) is 8.42 Å². The number of carbonyl (C=O) groups excluding carboxylic acids is 3. The number of hydrogen-bond acceptors (Lipinski definition) is 5. The molecule has 1 aliphatic heterocycles. The molecule has 0 unspecified atom stereocenters. The Hall–Kier alpha value is -3.98. The van der Waals surface area contributed by atoms with Crippen molar-refractivity contribution in [3.05, 3.63) is 89.5 Å². The van der Waals surface area contributed by atoms with Crippen molar-refractivity contribution in [2.45, 2.75) is 4.90 Å². The van der Waals surface area contributed by atoms with Crippen LogP contribution in [0.3, 0.4) is 0 Å². The Morgan fingerprint density at radius 1 is 0.800 bits per heavy atom. The van der Waals surface area contributed by atoms with E-state index in [0.29, 0.717) is 5.69 Å². The Labute approximate surface area is 172 Å². The zero-order chi connectivity index (χ0) is 21.3. The van der Waals surface area contributed by atoms with Crippen LogP contribution in [0, 0.1) is 0 Å². The van der Waals surface area contributed by atoms with E-state index in [2.05, 4.69) is 15.4 Å². The lowest BCUT2D eigenvalue weighted by Crippen LogP contribution is -2.21. The molecule has 1 heterocycles. The maximum absolute atomic E-state index is 12.6. The van der Waals surface area contributed by atoms with Crippen molar-refractivity contribution < 1.29 is 22.8 Å². The quantitative estimate of drug-likeness (QED) is 0.547. The van der Waals surface area contributed by atoms with Crippen molar-refractivity contribution in [2.75, 3.05) is 10.0 Å². The summed E-state index contributed by atoms with van der Waals surface area (Å²) in [7, 11) is -3.74. The molecule has 3 amide bonds. The summed E-state index contributed by atoms with van der Waals surface area (Å²) in [5.41, 5.74) is 1.07. The van der Waals surface area contributed by atoms with Crippen LogP contribution in [0.15, 0.2) is 77.7 Å². The third kappa shape index (κ3) is 3.65. The van der Waals surface area contributed by atoms with Crippen LogP contribution in [-0.2, 0) is 10.0 Å². The molecule has 30 heavy (non-hydrogen) atoms. The molecule has 0 aliphatic carbocycles. The summed E-state index contributed by atoms with van der Waals surface area (Å²) in [6.45, 7) is 0. The second-order valence-corrected chi connectivity index (χ2v) is 8.14. The van der Waals surface area contributed by atoms with Crippen LogP contribution in [-0.4, -0.2) is 26.1 Å². The number of sulfonamides is 1. The average Bonchev–Trinajstić information content (AvgIpc) is 3.03. The van der Waals surface area contributed by atoms with E-state index in [-0.39, 0.29) is 27.3 Å². The summed E-state index contributed by atoms with van der Waals surface area (Å²) in [6, 6.07) is 18.3. The number of nitrogens with one attached hydrogen (secondary N) is 3. The van der Waals surface area contributed by atoms with Crippen LogP contribution < -0.4 is 15.4 Å². The first kappa shape index (κ1) is 19.3. The summed E-state index contributed by atoms with van der Waals surface area (Å²) in [5, 5.41) is 4.80. The number of hydrogen-bond donors (Lipinski definition) is 3. The molecule has 1 aliphatic rings. The normalized spacial score (nSPS) is 12.8. The van der Waals surface area contributed by atoms with E-state index in [4.69, 9.17) is 0 Å². The van der Waals surface area contributed by atoms with Gasteiger partial charge in [-0.3, -0.25) is 24.4 Å². The van der Waals surface area contributed by atoms with E-state index in [0.717, 1.165) is 0 Å². The molecule has 0 radical (unpaired) electrons. The molecule has 0 atom stereocenters. The van der Waals surface area contributed by atoms with Gasteiger partial charge in [0, 0.05) is 11.3 Å². The largest absolute Gasteiger partial charge is 0.321 e. The monoisotopic (exact) mass is 421 g/mol. The Bertz CT molecular complexity index is 1270. The number of fused-ring (bicyclic) bond motifs is 1. The number of rotatable bonds is 5. The van der Waals surface area contributed by atoms with Crippen molar-refractivity contribution in [3.8, 4) is 0 Å². The highest BCUT2D eigenvalue weighted by Gasteiger charge is 2.29. The first-order chi connectivity index (χ1) is 14.3. The molecule has 0 spiro atoms. The molecule has 4 rings (SSSR count). The summed E-state index contributed by atoms with van der Waals surface area (Å²) in [4.78, 5) is 36.4. The van der Waals surface area contributed by atoms with Gasteiger partial charge >= 0.3 is 0 Å². The predicted octanol–water partition coefficient (Wildman–Crippen LogP) is 2.62. The molecule has 0 saturated heterocycles. The van der Waals surface area contributed by atoms with Crippen LogP contribution in [0.4, 0.5) is 11.4 Å². The van der Waals surface area contributed by atoms with Crippen molar-refractivity contribution >= 4 is 39.1 Å². The van der Waals surface area contributed by atoms with Gasteiger partial charge in [-0.1, -0.05) is 24.3 Å². The molecule has 3 aromatic rings. The average molecular weight is 421 g/mol. The predicted molar refractivity (Wildman–Crippen MR) is 110 cm³/mol. The smallest absolute Gasteiger partial charge is 0.261 e. The summed E-state index contributed by atoms with van der Waals surface area (Å²) >= 11 is 0. The topological polar surface area (TPSA) is 121 Å². The second kappa shape index (κ2) is 7.45. The number of amides is 3. The fourth-order valence-electron chi connectivity index (χ4n) is 3.02. The van der Waals surface area contributed by atoms with Gasteiger partial charge in [-0.2, -0.15) is 0 Å². The van der Waals surface area contributed by atoms with Gasteiger partial charge in [-0.15, -0.1) is 0 Å². The fraction of sp³-hybridized carbons (Fsp3) is 0. The summed E-state index contributed by atoms with van der Waals surface area (Å²) in [5.74, 6) is -1.59. The van der Waals surface area contributed by atoms with Crippen molar-refractivity contribution in [1.29, 1.82) is 0 Å². The highest BCUT2D eigenvalue weighted by Crippen LogP contribution is 2.25. The number of anilines is 2. The van der Waals surface area contributed by atoms with E-state index < -0.39 is 27.7 Å². The summed E-state index contributed by atoms with van der Waals surface area (Å²) < 4.78 is 27.2. The van der Waals surface area contributed by atoms with E-state index in [1.165, 1.54) is 48.5 Å². The third-order valence-corrected chi connectivity index (χ3v) is 5.86. The number of benzene rings is 3. The fourth-order valence-corrected chi connectivity index (χ4v) is 4.10. The van der Waals surface area contributed by atoms with E-state index in [1.807, 2.05) is 0 Å². The Morgan fingerprint density at radius 3 is 2.20 bits per heavy atom. The van der Waals surface area contributed by atoms with Gasteiger partial charge in [0.1, 0.15) is 0 Å². The number of imide groups is 1. The maximum Gasteiger partial charge on any atom is 0.261 e. The SMILES string of the molecule is O=C(Nc1cccc2c1C(=O)NC2=O)c1ccc(NS(=O)(=O)c2ccccc2)cc1. The highest BCUT2D eigenvalue weighted by atomic mass is 32.2. The molecule has 9 heteroatoms. The maximum atomic E-state index is 12.6. The first-order valence-corrected chi connectivity index (χ1v) is 10.3. The van der Waals surface area contributed by atoms with Gasteiger partial charge in [0.25, 0.3) is 27.7 Å². The Balaban J connectivity index is 1.51.